The van der Waals surface area contributed by atoms with Gasteiger partial charge in [0.1, 0.15) is 5.75 Å². The van der Waals surface area contributed by atoms with Crippen LogP contribution in [0.3, 0.4) is 0 Å². The van der Waals surface area contributed by atoms with Gasteiger partial charge in [0, 0.05) is 4.90 Å². The number of thioether (sulfide) groups is 1. The molecule has 0 saturated carbocycles. The van der Waals surface area contributed by atoms with Crippen molar-refractivity contribution in [2.45, 2.75) is 57.6 Å². The molecular weight excluding hydrogens is 504 g/mol. The third kappa shape index (κ3) is 6.08. The topological polar surface area (TPSA) is 69.9 Å². The fourth-order valence-electron chi connectivity index (χ4n) is 4.11. The Bertz CT molecular complexity index is 1470. The molecule has 0 aliphatic carbocycles. The van der Waals surface area contributed by atoms with E-state index in [1.54, 1.807) is 23.3 Å². The van der Waals surface area contributed by atoms with Crippen LogP contribution in [0, 0.1) is 0 Å². The summed E-state index contributed by atoms with van der Waals surface area (Å²) in [5.74, 6) is 0.354. The van der Waals surface area contributed by atoms with Crippen LogP contribution in [-0.2, 0) is 9.53 Å². The summed E-state index contributed by atoms with van der Waals surface area (Å²) in [6.07, 6.45) is 5.68. The van der Waals surface area contributed by atoms with Gasteiger partial charge < -0.3 is 9.47 Å². The van der Waals surface area contributed by atoms with Crippen LogP contribution in [0.4, 0.5) is 0 Å². The van der Waals surface area contributed by atoms with Gasteiger partial charge in [0.05, 0.1) is 34.6 Å². The number of hydrogen-bond acceptors (Lipinski definition) is 7. The molecule has 1 atom stereocenters. The molecule has 2 heterocycles. The molecule has 0 N–H and O–H groups in total. The molecule has 1 aromatic heterocycles. The van der Waals surface area contributed by atoms with Crippen molar-refractivity contribution in [2.24, 2.45) is 4.99 Å². The number of thiazole rings is 1. The summed E-state index contributed by atoms with van der Waals surface area (Å²) in [5.41, 5.74) is 2.49. The first kappa shape index (κ1) is 26.9. The third-order valence-corrected chi connectivity index (χ3v) is 7.69. The van der Waals surface area contributed by atoms with Crippen LogP contribution in [0.15, 0.2) is 74.5 Å². The van der Waals surface area contributed by atoms with Crippen LogP contribution in [0.2, 0.25) is 0 Å². The van der Waals surface area contributed by atoms with Crippen LogP contribution < -0.4 is 19.6 Å². The normalized spacial score (nSPS) is 15.5. The average molecular weight is 537 g/mol. The Balaban J connectivity index is 1.79. The van der Waals surface area contributed by atoms with Crippen molar-refractivity contribution in [3.8, 4) is 5.75 Å². The quantitative estimate of drug-likeness (QED) is 0.217. The van der Waals surface area contributed by atoms with Gasteiger partial charge in [-0.2, -0.15) is 0 Å². The number of esters is 1. The Morgan fingerprint density at radius 1 is 1.16 bits per heavy atom. The molecule has 194 valence electrons. The zero-order valence-corrected chi connectivity index (χ0v) is 23.4. The summed E-state index contributed by atoms with van der Waals surface area (Å²) in [4.78, 5) is 33.3. The van der Waals surface area contributed by atoms with Crippen molar-refractivity contribution in [3.05, 3.63) is 90.6 Å². The van der Waals surface area contributed by atoms with Crippen molar-refractivity contribution >= 4 is 35.1 Å². The number of carbonyl (C=O) groups excluding carboxylic acids is 1. The second-order valence-corrected chi connectivity index (χ2v) is 11.0. The molecule has 0 amide bonds. The van der Waals surface area contributed by atoms with Gasteiger partial charge in [0.2, 0.25) is 0 Å². The van der Waals surface area contributed by atoms with E-state index in [1.807, 2.05) is 74.7 Å². The fourth-order valence-corrected chi connectivity index (χ4v) is 5.56. The van der Waals surface area contributed by atoms with Gasteiger partial charge >= 0.3 is 5.97 Å². The zero-order chi connectivity index (χ0) is 26.5. The molecule has 0 fully saturated rings. The van der Waals surface area contributed by atoms with Crippen molar-refractivity contribution < 1.29 is 14.3 Å². The largest absolute Gasteiger partial charge is 0.494 e. The van der Waals surface area contributed by atoms with Gasteiger partial charge in [-0.15, -0.1) is 11.8 Å². The van der Waals surface area contributed by atoms with E-state index in [9.17, 15) is 9.59 Å². The van der Waals surface area contributed by atoms with Gasteiger partial charge in [-0.1, -0.05) is 48.9 Å². The first-order valence-electron chi connectivity index (χ1n) is 12.4. The summed E-state index contributed by atoms with van der Waals surface area (Å²) in [6, 6.07) is 15.0. The summed E-state index contributed by atoms with van der Waals surface area (Å²) in [7, 11) is 0. The van der Waals surface area contributed by atoms with E-state index in [4.69, 9.17) is 9.47 Å². The molecule has 4 rings (SSSR count). The Morgan fingerprint density at radius 2 is 1.86 bits per heavy atom. The summed E-state index contributed by atoms with van der Waals surface area (Å²) in [6.45, 7) is 8.24. The lowest BCUT2D eigenvalue weighted by molar-refractivity contribution is -0.143. The van der Waals surface area contributed by atoms with Crippen molar-refractivity contribution in [2.75, 3.05) is 12.9 Å². The molecule has 2 aromatic carbocycles. The highest BCUT2D eigenvalue weighted by atomic mass is 32.2. The second kappa shape index (κ2) is 12.0. The van der Waals surface area contributed by atoms with Gasteiger partial charge in [0.15, 0.2) is 4.80 Å². The standard InChI is InChI=1S/C29H32N2O4S2/c1-6-7-16-34-22-12-8-20(9-13-22)17-24-27(32)31-26(21-10-14-23(36-5)15-11-21)25(28(33)35-18(2)3)19(4)30-29(31)37-24/h8-15,17-18,26H,6-7,16H2,1-5H3. The maximum atomic E-state index is 13.7. The molecule has 0 bridgehead atoms. The highest BCUT2D eigenvalue weighted by Gasteiger charge is 2.33. The monoisotopic (exact) mass is 536 g/mol. The molecule has 1 unspecified atom stereocenters. The number of hydrogen-bond donors (Lipinski definition) is 0. The maximum Gasteiger partial charge on any atom is 0.338 e. The SMILES string of the molecule is CCCCOc1ccc(C=c2sc3n(c2=O)C(c2ccc(SC)cc2)C(C(=O)OC(C)C)=C(C)N=3)cc1. The van der Waals surface area contributed by atoms with E-state index in [-0.39, 0.29) is 11.7 Å². The summed E-state index contributed by atoms with van der Waals surface area (Å²) in [5, 5.41) is 0. The smallest absolute Gasteiger partial charge is 0.338 e. The highest BCUT2D eigenvalue weighted by molar-refractivity contribution is 7.98. The van der Waals surface area contributed by atoms with Gasteiger partial charge in [0.25, 0.3) is 5.56 Å². The number of fused-ring (bicyclic) bond motifs is 1. The van der Waals surface area contributed by atoms with Crippen LogP contribution in [0.1, 0.15) is 57.7 Å². The molecule has 1 aliphatic heterocycles. The Kier molecular flexibility index (Phi) is 8.71. The first-order chi connectivity index (χ1) is 17.8. The number of carbonyl (C=O) groups is 1. The number of nitrogens with zero attached hydrogens (tertiary/aromatic N) is 2. The van der Waals surface area contributed by atoms with E-state index in [2.05, 4.69) is 11.9 Å². The van der Waals surface area contributed by atoms with Crippen molar-refractivity contribution in [1.29, 1.82) is 0 Å². The van der Waals surface area contributed by atoms with E-state index in [0.29, 0.717) is 27.2 Å². The third-order valence-electron chi connectivity index (χ3n) is 5.96. The number of allylic oxidation sites excluding steroid dienone is 1. The molecule has 1 aliphatic rings. The molecule has 37 heavy (non-hydrogen) atoms. The minimum absolute atomic E-state index is 0.187. The lowest BCUT2D eigenvalue weighted by Gasteiger charge is -2.25. The Morgan fingerprint density at radius 3 is 2.49 bits per heavy atom. The van der Waals surface area contributed by atoms with Gasteiger partial charge in [-0.05, 0) is 74.9 Å². The number of unbranched alkanes of at least 4 members (excludes halogenated alkanes) is 1. The number of ether oxygens (including phenoxy) is 2. The van der Waals surface area contributed by atoms with Crippen LogP contribution in [0.25, 0.3) is 6.08 Å². The van der Waals surface area contributed by atoms with Gasteiger partial charge in [-0.3, -0.25) is 9.36 Å². The number of aromatic nitrogens is 1. The zero-order valence-electron chi connectivity index (χ0n) is 21.8. The minimum Gasteiger partial charge on any atom is -0.494 e. The molecule has 0 spiro atoms. The van der Waals surface area contributed by atoms with Crippen molar-refractivity contribution in [3.63, 3.8) is 0 Å². The van der Waals surface area contributed by atoms with Crippen LogP contribution >= 0.6 is 23.1 Å². The van der Waals surface area contributed by atoms with Crippen molar-refractivity contribution in [1.82, 2.24) is 4.57 Å². The molecule has 3 aromatic rings. The molecule has 6 nitrogen and oxygen atoms in total. The number of benzene rings is 2. The fraction of sp³-hybridized carbons (Fsp3) is 0.345. The highest BCUT2D eigenvalue weighted by Crippen LogP contribution is 2.32. The lowest BCUT2D eigenvalue weighted by atomic mass is 9.96. The minimum atomic E-state index is -0.616. The van der Waals surface area contributed by atoms with Crippen LogP contribution in [0.5, 0.6) is 5.75 Å². The molecular formula is C29H32N2O4S2. The Labute approximate surface area is 225 Å². The van der Waals surface area contributed by atoms with E-state index in [1.165, 1.54) is 11.3 Å². The second-order valence-electron chi connectivity index (χ2n) is 9.08. The maximum absolute atomic E-state index is 13.7. The van der Waals surface area contributed by atoms with Crippen LogP contribution in [-0.4, -0.2) is 29.5 Å². The lowest BCUT2D eigenvalue weighted by Crippen LogP contribution is -2.40. The summed E-state index contributed by atoms with van der Waals surface area (Å²) < 4.78 is 13.5. The van der Waals surface area contributed by atoms with E-state index in [0.717, 1.165) is 34.6 Å². The predicted molar refractivity (Wildman–Crippen MR) is 150 cm³/mol. The average Bonchev–Trinajstić information content (AvgIpc) is 3.18. The molecule has 0 radical (unpaired) electrons. The molecule has 8 heteroatoms. The molecule has 0 saturated heterocycles. The van der Waals surface area contributed by atoms with Gasteiger partial charge in [-0.25, -0.2) is 9.79 Å². The number of rotatable bonds is 9. The predicted octanol–water partition coefficient (Wildman–Crippen LogP) is 5.09. The van der Waals surface area contributed by atoms with E-state index < -0.39 is 12.0 Å². The first-order valence-corrected chi connectivity index (χ1v) is 14.5. The Hall–Kier alpha value is -3.10. The van der Waals surface area contributed by atoms with E-state index >= 15 is 0 Å². The summed E-state index contributed by atoms with van der Waals surface area (Å²) >= 11 is 2.96.